The molecule has 0 atom stereocenters. The Hall–Kier alpha value is -4.18. The zero-order chi connectivity index (χ0) is 25.4. The van der Waals surface area contributed by atoms with Crippen LogP contribution in [0.5, 0.6) is 5.75 Å². The highest BCUT2D eigenvalue weighted by atomic mass is 32.2. The summed E-state index contributed by atoms with van der Waals surface area (Å²) >= 11 is 1.19. The summed E-state index contributed by atoms with van der Waals surface area (Å²) in [6, 6.07) is 17.2. The predicted molar refractivity (Wildman–Crippen MR) is 130 cm³/mol. The van der Waals surface area contributed by atoms with Crippen LogP contribution < -0.4 is 10.1 Å². The second kappa shape index (κ2) is 11.8. The molecule has 0 fully saturated rings. The summed E-state index contributed by atoms with van der Waals surface area (Å²) in [5.74, 6) is -1.25. The molecular formula is C25H22N2O7S. The molecule has 0 aliphatic carbocycles. The van der Waals surface area contributed by atoms with Crippen LogP contribution in [0.25, 0.3) is 0 Å². The Kier molecular flexibility index (Phi) is 8.58. The van der Waals surface area contributed by atoms with E-state index in [9.17, 15) is 24.5 Å². The van der Waals surface area contributed by atoms with Gasteiger partial charge in [-0.3, -0.25) is 19.7 Å². The number of hydrogen-bond acceptors (Lipinski definition) is 8. The molecular weight excluding hydrogens is 472 g/mol. The van der Waals surface area contributed by atoms with Gasteiger partial charge in [0.2, 0.25) is 0 Å². The largest absolute Gasteiger partial charge is 0.497 e. The number of carbonyl (C=O) groups is 3. The molecule has 10 heteroatoms. The van der Waals surface area contributed by atoms with Gasteiger partial charge in [0, 0.05) is 23.7 Å². The molecule has 0 radical (unpaired) electrons. The fourth-order valence-corrected chi connectivity index (χ4v) is 3.74. The van der Waals surface area contributed by atoms with Crippen molar-refractivity contribution >= 4 is 35.1 Å². The number of ether oxygens (including phenoxy) is 2. The molecule has 180 valence electrons. The first kappa shape index (κ1) is 25.4. The average molecular weight is 495 g/mol. The Morgan fingerprint density at radius 3 is 2.31 bits per heavy atom. The number of esters is 1. The quantitative estimate of drug-likeness (QED) is 0.147. The molecule has 3 rings (SSSR count). The second-order valence-electron chi connectivity index (χ2n) is 7.22. The summed E-state index contributed by atoms with van der Waals surface area (Å²) in [4.78, 5) is 49.0. The first-order chi connectivity index (χ1) is 16.8. The first-order valence-electron chi connectivity index (χ1n) is 10.4. The fraction of sp³-hybridized carbons (Fsp3) is 0.160. The minimum atomic E-state index is -0.858. The zero-order valence-corrected chi connectivity index (χ0v) is 19.8. The van der Waals surface area contributed by atoms with E-state index >= 15 is 0 Å². The topological polar surface area (TPSA) is 125 Å². The summed E-state index contributed by atoms with van der Waals surface area (Å²) in [5.41, 5.74) is 0.673. The Morgan fingerprint density at radius 2 is 1.69 bits per heavy atom. The lowest BCUT2D eigenvalue weighted by molar-refractivity contribution is -0.387. The Bertz CT molecular complexity index is 1260. The highest BCUT2D eigenvalue weighted by Gasteiger charge is 2.23. The molecule has 0 heterocycles. The highest BCUT2D eigenvalue weighted by Crippen LogP contribution is 2.29. The molecule has 1 amide bonds. The molecule has 0 aliphatic heterocycles. The number of nitrogens with one attached hydrogen (secondary N) is 1. The number of amides is 1. The van der Waals surface area contributed by atoms with Crippen LogP contribution in [0.15, 0.2) is 71.6 Å². The maximum atomic E-state index is 13.1. The molecule has 0 unspecified atom stereocenters. The van der Waals surface area contributed by atoms with E-state index in [2.05, 4.69) is 5.32 Å². The van der Waals surface area contributed by atoms with E-state index in [1.807, 2.05) is 0 Å². The molecule has 0 aliphatic rings. The van der Waals surface area contributed by atoms with Crippen LogP contribution in [0.4, 0.5) is 5.69 Å². The molecule has 0 spiro atoms. The van der Waals surface area contributed by atoms with Crippen molar-refractivity contribution in [2.24, 2.45) is 0 Å². The second-order valence-corrected chi connectivity index (χ2v) is 8.07. The standard InChI is InChI=1S/C25H22N2O7S/c1-33-18-10-7-16(8-11-18)14-26-23(28)15-34-25(30)20-6-4-3-5-19(20)24(29)17-9-12-22(35-2)21(13-17)27(31)32/h3-13H,14-15H2,1-2H3,(H,26,28). The number of methoxy groups -OCH3 is 1. The summed E-state index contributed by atoms with van der Waals surface area (Å²) in [6.07, 6.45) is 1.70. The summed E-state index contributed by atoms with van der Waals surface area (Å²) in [5, 5.41) is 14.0. The predicted octanol–water partition coefficient (Wildman–Crippen LogP) is 4.03. The Balaban J connectivity index is 1.67. The summed E-state index contributed by atoms with van der Waals surface area (Å²) in [7, 11) is 1.56. The van der Waals surface area contributed by atoms with Gasteiger partial charge in [-0.15, -0.1) is 11.8 Å². The van der Waals surface area contributed by atoms with Gasteiger partial charge in [0.25, 0.3) is 11.6 Å². The third-order valence-corrected chi connectivity index (χ3v) is 5.80. The fourth-order valence-electron chi connectivity index (χ4n) is 3.19. The molecule has 3 aromatic carbocycles. The van der Waals surface area contributed by atoms with Crippen molar-refractivity contribution in [2.75, 3.05) is 20.0 Å². The number of thioether (sulfide) groups is 1. The van der Waals surface area contributed by atoms with E-state index in [0.29, 0.717) is 10.6 Å². The SMILES string of the molecule is COc1ccc(CNC(=O)COC(=O)c2ccccc2C(=O)c2ccc(SC)c([N+](=O)[O-])c2)cc1. The molecule has 3 aromatic rings. The summed E-state index contributed by atoms with van der Waals surface area (Å²) < 4.78 is 10.2. The third-order valence-electron chi connectivity index (χ3n) is 5.01. The van der Waals surface area contributed by atoms with Gasteiger partial charge in [0.15, 0.2) is 12.4 Å². The monoisotopic (exact) mass is 494 g/mol. The van der Waals surface area contributed by atoms with Crippen molar-refractivity contribution in [3.8, 4) is 5.75 Å². The highest BCUT2D eigenvalue weighted by molar-refractivity contribution is 7.98. The smallest absolute Gasteiger partial charge is 0.339 e. The number of nitro benzene ring substituents is 1. The van der Waals surface area contributed by atoms with E-state index in [0.717, 1.165) is 5.56 Å². The van der Waals surface area contributed by atoms with E-state index in [1.54, 1.807) is 49.8 Å². The van der Waals surface area contributed by atoms with Gasteiger partial charge >= 0.3 is 5.97 Å². The molecule has 0 saturated heterocycles. The van der Waals surface area contributed by atoms with Crippen molar-refractivity contribution in [1.82, 2.24) is 5.32 Å². The van der Waals surface area contributed by atoms with E-state index < -0.39 is 29.2 Å². The number of rotatable bonds is 10. The van der Waals surface area contributed by atoms with Crippen molar-refractivity contribution in [3.63, 3.8) is 0 Å². The molecule has 9 nitrogen and oxygen atoms in total. The van der Waals surface area contributed by atoms with Crippen LogP contribution in [0.2, 0.25) is 0 Å². The lowest BCUT2D eigenvalue weighted by Gasteiger charge is -2.10. The minimum Gasteiger partial charge on any atom is -0.497 e. The number of benzene rings is 3. The third kappa shape index (κ3) is 6.45. The van der Waals surface area contributed by atoms with Gasteiger partial charge in [0.05, 0.1) is 22.5 Å². The molecule has 0 bridgehead atoms. The maximum Gasteiger partial charge on any atom is 0.339 e. The van der Waals surface area contributed by atoms with Gasteiger partial charge in [-0.1, -0.05) is 30.3 Å². The summed E-state index contributed by atoms with van der Waals surface area (Å²) in [6.45, 7) is -0.300. The molecule has 0 saturated carbocycles. The number of hydrogen-bond donors (Lipinski definition) is 1. The lowest BCUT2D eigenvalue weighted by Crippen LogP contribution is -2.28. The Labute approximate surface area is 205 Å². The van der Waals surface area contributed by atoms with Crippen LogP contribution in [0.1, 0.15) is 31.8 Å². The van der Waals surface area contributed by atoms with Crippen molar-refractivity contribution in [2.45, 2.75) is 11.4 Å². The Morgan fingerprint density at radius 1 is 1.00 bits per heavy atom. The van der Waals surface area contributed by atoms with Gasteiger partial charge in [0.1, 0.15) is 5.75 Å². The first-order valence-corrected chi connectivity index (χ1v) is 11.6. The van der Waals surface area contributed by atoms with Gasteiger partial charge in [-0.05, 0) is 42.2 Å². The van der Waals surface area contributed by atoms with E-state index in [1.165, 1.54) is 42.1 Å². The van der Waals surface area contributed by atoms with E-state index in [-0.39, 0.29) is 28.9 Å². The minimum absolute atomic E-state index is 0.0161. The average Bonchev–Trinajstić information content (AvgIpc) is 2.89. The normalized spacial score (nSPS) is 10.3. The van der Waals surface area contributed by atoms with Crippen molar-refractivity contribution < 1.29 is 28.8 Å². The number of nitrogens with zero attached hydrogens (tertiary/aromatic N) is 1. The zero-order valence-electron chi connectivity index (χ0n) is 19.0. The van der Waals surface area contributed by atoms with Crippen LogP contribution in [-0.4, -0.2) is 42.6 Å². The van der Waals surface area contributed by atoms with Crippen LogP contribution in [-0.2, 0) is 16.1 Å². The molecule has 0 aromatic heterocycles. The van der Waals surface area contributed by atoms with Crippen molar-refractivity contribution in [1.29, 1.82) is 0 Å². The lowest BCUT2D eigenvalue weighted by atomic mass is 9.98. The van der Waals surface area contributed by atoms with Crippen LogP contribution in [0, 0.1) is 10.1 Å². The van der Waals surface area contributed by atoms with Crippen molar-refractivity contribution in [3.05, 3.63) is 99.1 Å². The van der Waals surface area contributed by atoms with Gasteiger partial charge in [-0.2, -0.15) is 0 Å². The van der Waals surface area contributed by atoms with Gasteiger partial charge in [-0.25, -0.2) is 4.79 Å². The maximum absolute atomic E-state index is 13.1. The number of nitro groups is 1. The van der Waals surface area contributed by atoms with Gasteiger partial charge < -0.3 is 14.8 Å². The molecule has 35 heavy (non-hydrogen) atoms. The van der Waals surface area contributed by atoms with Crippen LogP contribution in [0.3, 0.4) is 0 Å². The molecule has 1 N–H and O–H groups in total. The van der Waals surface area contributed by atoms with E-state index in [4.69, 9.17) is 9.47 Å². The number of carbonyl (C=O) groups excluding carboxylic acids is 3. The number of ketones is 1. The van der Waals surface area contributed by atoms with Crippen LogP contribution >= 0.6 is 11.8 Å².